The van der Waals surface area contributed by atoms with E-state index in [0.717, 1.165) is 11.1 Å². The van der Waals surface area contributed by atoms with Gasteiger partial charge in [-0.1, -0.05) is 24.3 Å². The second-order valence-electron chi connectivity index (χ2n) is 7.12. The Morgan fingerprint density at radius 2 is 1.83 bits per heavy atom. The lowest BCUT2D eigenvalue weighted by molar-refractivity contribution is -0.130. The molecule has 2 aromatic carbocycles. The lowest BCUT2D eigenvalue weighted by Crippen LogP contribution is -2.48. The number of fused-ring (bicyclic) bond motifs is 1. The molecule has 0 bridgehead atoms. The fourth-order valence-corrected chi connectivity index (χ4v) is 3.05. The summed E-state index contributed by atoms with van der Waals surface area (Å²) in [4.78, 5) is 38.0. The number of hydrogen-bond donors (Lipinski definition) is 2. The summed E-state index contributed by atoms with van der Waals surface area (Å²) in [5.74, 6) is 0.106. The molecule has 0 saturated carbocycles. The maximum atomic E-state index is 12.4. The van der Waals surface area contributed by atoms with Gasteiger partial charge in [0.05, 0.1) is 5.69 Å². The summed E-state index contributed by atoms with van der Waals surface area (Å²) in [7, 11) is 0. The minimum absolute atomic E-state index is 0.0188. The van der Waals surface area contributed by atoms with Crippen molar-refractivity contribution in [3.05, 3.63) is 53.6 Å². The van der Waals surface area contributed by atoms with Gasteiger partial charge in [-0.15, -0.1) is 0 Å². The predicted octanol–water partition coefficient (Wildman–Crippen LogP) is 2.03. The molecule has 0 spiro atoms. The van der Waals surface area contributed by atoms with Gasteiger partial charge < -0.3 is 14.4 Å². The molecule has 30 heavy (non-hydrogen) atoms. The van der Waals surface area contributed by atoms with Gasteiger partial charge in [-0.05, 0) is 50.1 Å². The van der Waals surface area contributed by atoms with Crippen molar-refractivity contribution in [2.75, 3.05) is 18.1 Å². The number of anilines is 1. The monoisotopic (exact) mass is 411 g/mol. The first-order valence-corrected chi connectivity index (χ1v) is 9.70. The molecule has 158 valence electrons. The van der Waals surface area contributed by atoms with Crippen molar-refractivity contribution in [1.29, 1.82) is 0 Å². The SMILES string of the molecule is Cc1ccc(C)c(OCC(=O)NNC(=O)CCN2C(=O)C(C)Oc3ccccc32)c1. The number of amides is 3. The molecule has 1 heterocycles. The van der Waals surface area contributed by atoms with Crippen LogP contribution < -0.4 is 25.2 Å². The third kappa shape index (κ3) is 5.08. The third-order valence-corrected chi connectivity index (χ3v) is 4.68. The van der Waals surface area contributed by atoms with E-state index in [2.05, 4.69) is 10.9 Å². The predicted molar refractivity (Wildman–Crippen MR) is 111 cm³/mol. The largest absolute Gasteiger partial charge is 0.483 e. The first kappa shape index (κ1) is 21.2. The Bertz CT molecular complexity index is 960. The molecule has 0 aromatic heterocycles. The number of para-hydroxylation sites is 2. The standard InChI is InChI=1S/C22H25N3O5/c1-14-8-9-15(2)19(12-14)29-13-21(27)24-23-20(26)10-11-25-17-6-4-5-7-18(17)30-16(3)22(25)28/h4-9,12,16H,10-11,13H2,1-3H3,(H,23,26)(H,24,27). The smallest absolute Gasteiger partial charge is 0.276 e. The highest BCUT2D eigenvalue weighted by Gasteiger charge is 2.31. The van der Waals surface area contributed by atoms with E-state index in [1.807, 2.05) is 38.1 Å². The van der Waals surface area contributed by atoms with Crippen LogP contribution in [0.15, 0.2) is 42.5 Å². The normalized spacial score (nSPS) is 15.1. The Morgan fingerprint density at radius 1 is 1.10 bits per heavy atom. The van der Waals surface area contributed by atoms with E-state index in [4.69, 9.17) is 9.47 Å². The Morgan fingerprint density at radius 3 is 2.63 bits per heavy atom. The first-order chi connectivity index (χ1) is 14.3. The molecular weight excluding hydrogens is 386 g/mol. The van der Waals surface area contributed by atoms with Gasteiger partial charge in [0.2, 0.25) is 5.91 Å². The summed E-state index contributed by atoms with van der Waals surface area (Å²) in [6, 6.07) is 12.9. The molecule has 0 radical (unpaired) electrons. The van der Waals surface area contributed by atoms with E-state index in [9.17, 15) is 14.4 Å². The Balaban J connectivity index is 1.46. The van der Waals surface area contributed by atoms with Crippen molar-refractivity contribution in [3.63, 3.8) is 0 Å². The van der Waals surface area contributed by atoms with Crippen molar-refractivity contribution in [3.8, 4) is 11.5 Å². The highest BCUT2D eigenvalue weighted by atomic mass is 16.5. The number of benzene rings is 2. The Hall–Kier alpha value is -3.55. The molecule has 8 heteroatoms. The van der Waals surface area contributed by atoms with Gasteiger partial charge >= 0.3 is 0 Å². The van der Waals surface area contributed by atoms with Crippen LogP contribution in [0.5, 0.6) is 11.5 Å². The summed E-state index contributed by atoms with van der Waals surface area (Å²) < 4.78 is 11.1. The minimum atomic E-state index is -0.620. The van der Waals surface area contributed by atoms with Gasteiger partial charge in [0.15, 0.2) is 12.7 Å². The van der Waals surface area contributed by atoms with E-state index in [0.29, 0.717) is 17.2 Å². The van der Waals surface area contributed by atoms with Crippen LogP contribution in [0.25, 0.3) is 0 Å². The number of nitrogens with zero attached hydrogens (tertiary/aromatic N) is 1. The fourth-order valence-electron chi connectivity index (χ4n) is 3.05. The molecule has 0 fully saturated rings. The van der Waals surface area contributed by atoms with Gasteiger partial charge in [-0.2, -0.15) is 0 Å². The van der Waals surface area contributed by atoms with Crippen molar-refractivity contribution in [2.24, 2.45) is 0 Å². The Kier molecular flexibility index (Phi) is 6.56. The molecule has 2 aromatic rings. The fraction of sp³-hybridized carbons (Fsp3) is 0.318. The number of nitrogens with one attached hydrogen (secondary N) is 2. The lowest BCUT2D eigenvalue weighted by Gasteiger charge is -2.32. The number of rotatable bonds is 6. The van der Waals surface area contributed by atoms with Crippen LogP contribution in [-0.2, 0) is 14.4 Å². The summed E-state index contributed by atoms with van der Waals surface area (Å²) >= 11 is 0. The van der Waals surface area contributed by atoms with Crippen LogP contribution in [0, 0.1) is 13.8 Å². The van der Waals surface area contributed by atoms with Gasteiger partial charge in [0.1, 0.15) is 11.5 Å². The van der Waals surface area contributed by atoms with Gasteiger partial charge in [0.25, 0.3) is 11.8 Å². The molecule has 1 atom stereocenters. The van der Waals surface area contributed by atoms with Crippen molar-refractivity contribution in [1.82, 2.24) is 10.9 Å². The Labute approximate surface area is 175 Å². The van der Waals surface area contributed by atoms with Crippen molar-refractivity contribution in [2.45, 2.75) is 33.3 Å². The van der Waals surface area contributed by atoms with Gasteiger partial charge in [-0.3, -0.25) is 25.2 Å². The zero-order valence-corrected chi connectivity index (χ0v) is 17.2. The number of carbonyl (C=O) groups is 3. The maximum absolute atomic E-state index is 12.4. The van der Waals surface area contributed by atoms with E-state index < -0.39 is 17.9 Å². The van der Waals surface area contributed by atoms with E-state index in [-0.39, 0.29) is 25.5 Å². The summed E-state index contributed by atoms with van der Waals surface area (Å²) in [5, 5.41) is 0. The quantitative estimate of drug-likeness (QED) is 0.709. The summed E-state index contributed by atoms with van der Waals surface area (Å²) in [5.41, 5.74) is 7.24. The highest BCUT2D eigenvalue weighted by Crippen LogP contribution is 2.33. The van der Waals surface area contributed by atoms with E-state index >= 15 is 0 Å². The van der Waals surface area contributed by atoms with Crippen LogP contribution in [0.4, 0.5) is 5.69 Å². The molecule has 8 nitrogen and oxygen atoms in total. The molecule has 1 aliphatic rings. The number of hydrazine groups is 1. The number of ether oxygens (including phenoxy) is 2. The van der Waals surface area contributed by atoms with Crippen LogP contribution >= 0.6 is 0 Å². The number of hydrogen-bond acceptors (Lipinski definition) is 5. The molecular formula is C22H25N3O5. The van der Waals surface area contributed by atoms with Crippen LogP contribution in [0.3, 0.4) is 0 Å². The second kappa shape index (κ2) is 9.30. The maximum Gasteiger partial charge on any atom is 0.276 e. The molecule has 2 N–H and O–H groups in total. The van der Waals surface area contributed by atoms with Gasteiger partial charge in [-0.25, -0.2) is 0 Å². The minimum Gasteiger partial charge on any atom is -0.483 e. The van der Waals surface area contributed by atoms with E-state index in [1.54, 1.807) is 25.1 Å². The summed E-state index contributed by atoms with van der Waals surface area (Å²) in [6.07, 6.45) is -0.602. The molecule has 0 saturated heterocycles. The third-order valence-electron chi connectivity index (χ3n) is 4.68. The molecule has 0 aliphatic carbocycles. The zero-order valence-electron chi connectivity index (χ0n) is 17.2. The molecule has 1 unspecified atom stereocenters. The summed E-state index contributed by atoms with van der Waals surface area (Å²) in [6.45, 7) is 5.44. The molecule has 3 rings (SSSR count). The first-order valence-electron chi connectivity index (χ1n) is 9.70. The van der Waals surface area contributed by atoms with Crippen molar-refractivity contribution >= 4 is 23.4 Å². The van der Waals surface area contributed by atoms with E-state index in [1.165, 1.54) is 4.90 Å². The van der Waals surface area contributed by atoms with Crippen LogP contribution in [0.1, 0.15) is 24.5 Å². The molecule has 3 amide bonds. The second-order valence-corrected chi connectivity index (χ2v) is 7.12. The number of aryl methyl sites for hydroxylation is 2. The highest BCUT2D eigenvalue weighted by molar-refractivity contribution is 6.00. The lowest BCUT2D eigenvalue weighted by atomic mass is 10.1. The van der Waals surface area contributed by atoms with Crippen LogP contribution in [0.2, 0.25) is 0 Å². The number of carbonyl (C=O) groups excluding carboxylic acids is 3. The van der Waals surface area contributed by atoms with Crippen LogP contribution in [-0.4, -0.2) is 37.0 Å². The molecule has 1 aliphatic heterocycles. The average molecular weight is 411 g/mol. The zero-order chi connectivity index (χ0) is 21.7. The van der Waals surface area contributed by atoms with Crippen molar-refractivity contribution < 1.29 is 23.9 Å². The van der Waals surface area contributed by atoms with Gasteiger partial charge in [0, 0.05) is 13.0 Å². The topological polar surface area (TPSA) is 97.0 Å². The average Bonchev–Trinajstić information content (AvgIpc) is 2.73.